The molecule has 0 saturated carbocycles. The SMILES string of the molecule is CCCCC1(CCCC)CN=C(c2ccccc2C)O1. The molecule has 0 fully saturated rings. The Morgan fingerprint density at radius 1 is 1.10 bits per heavy atom. The average Bonchev–Trinajstić information content (AvgIpc) is 2.88. The standard InChI is InChI=1S/C18H27NO/c1-4-6-12-18(13-7-5-2)14-19-17(20-18)16-11-9-8-10-15(16)3/h8-11H,4-7,12-14H2,1-3H3. The Balaban J connectivity index is 2.11. The summed E-state index contributed by atoms with van der Waals surface area (Å²) in [5, 5.41) is 0. The van der Waals surface area contributed by atoms with Crippen LogP contribution < -0.4 is 0 Å². The predicted octanol–water partition coefficient (Wildman–Crippen LogP) is 4.89. The van der Waals surface area contributed by atoms with Crippen LogP contribution >= 0.6 is 0 Å². The van der Waals surface area contributed by atoms with Crippen LogP contribution in [0.25, 0.3) is 0 Å². The fraction of sp³-hybridized carbons (Fsp3) is 0.611. The monoisotopic (exact) mass is 273 g/mol. The largest absolute Gasteiger partial charge is 0.469 e. The number of unbranched alkanes of at least 4 members (excludes halogenated alkanes) is 2. The van der Waals surface area contributed by atoms with Gasteiger partial charge in [0.1, 0.15) is 5.60 Å². The molecule has 1 aliphatic rings. The maximum atomic E-state index is 6.37. The Hall–Kier alpha value is -1.31. The van der Waals surface area contributed by atoms with Gasteiger partial charge in [-0.2, -0.15) is 0 Å². The van der Waals surface area contributed by atoms with Crippen molar-refractivity contribution in [2.24, 2.45) is 4.99 Å². The first-order valence-electron chi connectivity index (χ1n) is 8.00. The summed E-state index contributed by atoms with van der Waals surface area (Å²) in [6.07, 6.45) is 7.14. The van der Waals surface area contributed by atoms with E-state index in [4.69, 9.17) is 9.73 Å². The van der Waals surface area contributed by atoms with E-state index >= 15 is 0 Å². The summed E-state index contributed by atoms with van der Waals surface area (Å²) in [5.41, 5.74) is 2.36. The summed E-state index contributed by atoms with van der Waals surface area (Å²) < 4.78 is 6.37. The maximum Gasteiger partial charge on any atom is 0.217 e. The lowest BCUT2D eigenvalue weighted by atomic mass is 9.91. The van der Waals surface area contributed by atoms with Crippen LogP contribution in [-0.2, 0) is 4.74 Å². The van der Waals surface area contributed by atoms with E-state index in [9.17, 15) is 0 Å². The molecule has 0 atom stereocenters. The van der Waals surface area contributed by atoms with Crippen molar-refractivity contribution in [3.05, 3.63) is 35.4 Å². The Morgan fingerprint density at radius 2 is 1.75 bits per heavy atom. The van der Waals surface area contributed by atoms with Crippen molar-refractivity contribution in [3.8, 4) is 0 Å². The van der Waals surface area contributed by atoms with Gasteiger partial charge in [-0.05, 0) is 44.2 Å². The van der Waals surface area contributed by atoms with Gasteiger partial charge in [-0.3, -0.25) is 0 Å². The number of rotatable bonds is 7. The highest BCUT2D eigenvalue weighted by Crippen LogP contribution is 2.32. The molecule has 2 heteroatoms. The number of aryl methyl sites for hydroxylation is 1. The Morgan fingerprint density at radius 3 is 2.35 bits per heavy atom. The normalized spacial score (nSPS) is 16.9. The average molecular weight is 273 g/mol. The van der Waals surface area contributed by atoms with E-state index in [1.54, 1.807) is 0 Å². The van der Waals surface area contributed by atoms with Crippen molar-refractivity contribution in [1.82, 2.24) is 0 Å². The molecule has 0 unspecified atom stereocenters. The van der Waals surface area contributed by atoms with Crippen LogP contribution in [0.3, 0.4) is 0 Å². The molecule has 110 valence electrons. The molecule has 1 aliphatic heterocycles. The van der Waals surface area contributed by atoms with Crippen LogP contribution in [0.15, 0.2) is 29.3 Å². The van der Waals surface area contributed by atoms with Gasteiger partial charge >= 0.3 is 0 Å². The Bertz CT molecular complexity index is 456. The smallest absolute Gasteiger partial charge is 0.217 e. The second-order valence-corrected chi connectivity index (χ2v) is 5.93. The van der Waals surface area contributed by atoms with Gasteiger partial charge in [0.25, 0.3) is 0 Å². The molecule has 1 aromatic rings. The van der Waals surface area contributed by atoms with Gasteiger partial charge in [0, 0.05) is 5.56 Å². The molecule has 0 spiro atoms. The lowest BCUT2D eigenvalue weighted by Gasteiger charge is -2.28. The Kier molecular flexibility index (Phi) is 5.22. The third kappa shape index (κ3) is 3.41. The molecule has 0 amide bonds. The number of ether oxygens (including phenoxy) is 1. The van der Waals surface area contributed by atoms with Crippen molar-refractivity contribution in [3.63, 3.8) is 0 Å². The number of nitrogens with zero attached hydrogens (tertiary/aromatic N) is 1. The number of hydrogen-bond acceptors (Lipinski definition) is 2. The molecule has 0 aromatic heterocycles. The highest BCUT2D eigenvalue weighted by Gasteiger charge is 2.37. The van der Waals surface area contributed by atoms with Crippen molar-refractivity contribution in [1.29, 1.82) is 0 Å². The minimum atomic E-state index is -0.0381. The van der Waals surface area contributed by atoms with Gasteiger partial charge in [0.15, 0.2) is 0 Å². The van der Waals surface area contributed by atoms with Crippen LogP contribution in [0.5, 0.6) is 0 Å². The molecular formula is C18H27NO. The van der Waals surface area contributed by atoms with E-state index in [0.29, 0.717) is 0 Å². The lowest BCUT2D eigenvalue weighted by Crippen LogP contribution is -2.33. The minimum Gasteiger partial charge on any atom is -0.469 e. The van der Waals surface area contributed by atoms with Gasteiger partial charge in [0.05, 0.1) is 6.54 Å². The molecule has 2 rings (SSSR count). The first-order chi connectivity index (χ1) is 9.71. The summed E-state index contributed by atoms with van der Waals surface area (Å²) in [6.45, 7) is 7.44. The summed E-state index contributed by atoms with van der Waals surface area (Å²) in [4.78, 5) is 4.72. The van der Waals surface area contributed by atoms with Gasteiger partial charge in [-0.15, -0.1) is 0 Å². The Labute approximate surface area is 123 Å². The van der Waals surface area contributed by atoms with Crippen LogP contribution in [0.4, 0.5) is 0 Å². The van der Waals surface area contributed by atoms with E-state index in [-0.39, 0.29) is 5.60 Å². The third-order valence-corrected chi connectivity index (χ3v) is 4.17. The highest BCUT2D eigenvalue weighted by atomic mass is 16.5. The molecule has 1 aromatic carbocycles. The van der Waals surface area contributed by atoms with Crippen LogP contribution in [-0.4, -0.2) is 18.0 Å². The van der Waals surface area contributed by atoms with Crippen molar-refractivity contribution < 1.29 is 4.74 Å². The van der Waals surface area contributed by atoms with Gasteiger partial charge in [-0.1, -0.05) is 44.9 Å². The predicted molar refractivity (Wildman–Crippen MR) is 85.4 cm³/mol. The fourth-order valence-electron chi connectivity index (χ4n) is 2.82. The summed E-state index contributed by atoms with van der Waals surface area (Å²) >= 11 is 0. The minimum absolute atomic E-state index is 0.0381. The van der Waals surface area contributed by atoms with E-state index in [0.717, 1.165) is 30.8 Å². The van der Waals surface area contributed by atoms with E-state index < -0.39 is 0 Å². The topological polar surface area (TPSA) is 21.6 Å². The molecule has 0 N–H and O–H groups in total. The molecule has 2 nitrogen and oxygen atoms in total. The fourth-order valence-corrected chi connectivity index (χ4v) is 2.82. The van der Waals surface area contributed by atoms with Crippen molar-refractivity contribution in [2.45, 2.75) is 64.9 Å². The highest BCUT2D eigenvalue weighted by molar-refractivity contribution is 5.96. The van der Waals surface area contributed by atoms with Crippen molar-refractivity contribution >= 4 is 5.90 Å². The van der Waals surface area contributed by atoms with E-state index in [2.05, 4.69) is 45.0 Å². The molecule has 0 bridgehead atoms. The van der Waals surface area contributed by atoms with Gasteiger partial charge in [0.2, 0.25) is 5.90 Å². The second-order valence-electron chi connectivity index (χ2n) is 5.93. The quantitative estimate of drug-likeness (QED) is 0.693. The number of aliphatic imine (C=N–C) groups is 1. The van der Waals surface area contributed by atoms with Crippen LogP contribution in [0.2, 0.25) is 0 Å². The molecule has 20 heavy (non-hydrogen) atoms. The molecule has 0 saturated heterocycles. The first-order valence-corrected chi connectivity index (χ1v) is 8.00. The van der Waals surface area contributed by atoms with Crippen LogP contribution in [0, 0.1) is 6.92 Å². The van der Waals surface area contributed by atoms with Gasteiger partial charge in [-0.25, -0.2) is 4.99 Å². The first kappa shape index (κ1) is 15.1. The molecule has 0 radical (unpaired) electrons. The summed E-state index contributed by atoms with van der Waals surface area (Å²) in [5.74, 6) is 0.857. The number of hydrogen-bond donors (Lipinski definition) is 0. The summed E-state index contributed by atoms with van der Waals surface area (Å²) in [6, 6.07) is 8.37. The molecule has 1 heterocycles. The lowest BCUT2D eigenvalue weighted by molar-refractivity contribution is 0.0637. The maximum absolute atomic E-state index is 6.37. The van der Waals surface area contributed by atoms with E-state index in [1.807, 2.05) is 0 Å². The second kappa shape index (κ2) is 6.92. The van der Waals surface area contributed by atoms with Crippen molar-refractivity contribution in [2.75, 3.05) is 6.54 Å². The molecule has 0 aliphatic carbocycles. The zero-order chi connectivity index (χ0) is 14.4. The van der Waals surface area contributed by atoms with Gasteiger partial charge < -0.3 is 4.74 Å². The van der Waals surface area contributed by atoms with E-state index in [1.165, 1.54) is 31.2 Å². The zero-order valence-corrected chi connectivity index (χ0v) is 13.1. The van der Waals surface area contributed by atoms with Crippen LogP contribution in [0.1, 0.15) is 63.5 Å². The number of benzene rings is 1. The summed E-state index contributed by atoms with van der Waals surface area (Å²) in [7, 11) is 0. The third-order valence-electron chi connectivity index (χ3n) is 4.17. The zero-order valence-electron chi connectivity index (χ0n) is 13.1. The molecular weight excluding hydrogens is 246 g/mol.